The Balaban J connectivity index is 2.03. The Morgan fingerprint density at radius 1 is 1.39 bits per heavy atom. The van der Waals surface area contributed by atoms with Gasteiger partial charge in [-0.25, -0.2) is 12.7 Å². The predicted molar refractivity (Wildman–Crippen MR) is 116 cm³/mol. The lowest BCUT2D eigenvalue weighted by atomic mass is 9.99. The van der Waals surface area contributed by atoms with Crippen molar-refractivity contribution in [2.24, 2.45) is 11.8 Å². The van der Waals surface area contributed by atoms with Gasteiger partial charge in [-0.15, -0.1) is 0 Å². The molecule has 10 heteroatoms. The van der Waals surface area contributed by atoms with Crippen LogP contribution in [0.1, 0.15) is 37.0 Å². The van der Waals surface area contributed by atoms with E-state index in [4.69, 9.17) is 4.74 Å². The molecule has 0 spiro atoms. The molecule has 3 rings (SSSR count). The number of carbonyl (C=O) groups is 2. The Hall–Kier alpha value is -2.17. The zero-order chi connectivity index (χ0) is 22.9. The number of sulfonamides is 1. The van der Waals surface area contributed by atoms with Crippen molar-refractivity contribution in [3.05, 3.63) is 23.8 Å². The number of nitrogens with zero attached hydrogens (tertiary/aromatic N) is 2. The Morgan fingerprint density at radius 2 is 2.06 bits per heavy atom. The smallest absolute Gasteiger partial charge is 0.258 e. The van der Waals surface area contributed by atoms with Gasteiger partial charge in [-0.2, -0.15) is 0 Å². The molecule has 9 nitrogen and oxygen atoms in total. The summed E-state index contributed by atoms with van der Waals surface area (Å²) in [5.41, 5.74) is 0.660. The highest BCUT2D eigenvalue weighted by Gasteiger charge is 2.36. The summed E-state index contributed by atoms with van der Waals surface area (Å²) >= 11 is 0. The Kier molecular flexibility index (Phi) is 6.92. The third-order valence-corrected chi connectivity index (χ3v) is 7.18. The Labute approximate surface area is 183 Å². The summed E-state index contributed by atoms with van der Waals surface area (Å²) in [7, 11) is -1.96. The number of hydrogen-bond donors (Lipinski definition) is 2. The number of para-hydroxylation sites is 1. The van der Waals surface area contributed by atoms with E-state index in [0.717, 1.165) is 19.1 Å². The molecule has 172 valence electrons. The maximum Gasteiger partial charge on any atom is 0.258 e. The number of hydrogen-bond acceptors (Lipinski definition) is 6. The van der Waals surface area contributed by atoms with Crippen molar-refractivity contribution in [3.63, 3.8) is 0 Å². The number of rotatable bonds is 7. The minimum absolute atomic E-state index is 0.0305. The largest absolute Gasteiger partial charge is 0.486 e. The van der Waals surface area contributed by atoms with Crippen molar-refractivity contribution in [1.29, 1.82) is 0 Å². The minimum Gasteiger partial charge on any atom is -0.486 e. The summed E-state index contributed by atoms with van der Waals surface area (Å²) in [6, 6.07) is 4.54. The first-order valence-corrected chi connectivity index (χ1v) is 12.3. The lowest BCUT2D eigenvalue weighted by molar-refractivity contribution is -0.117. The number of ether oxygens (including phenoxy) is 1. The summed E-state index contributed by atoms with van der Waals surface area (Å²) in [4.78, 5) is 27.3. The normalized spacial score (nSPS) is 22.9. The van der Waals surface area contributed by atoms with Gasteiger partial charge in [0.25, 0.3) is 5.91 Å². The summed E-state index contributed by atoms with van der Waals surface area (Å²) in [5, 5.41) is 12.6. The third-order valence-electron chi connectivity index (χ3n) is 5.90. The van der Waals surface area contributed by atoms with E-state index in [1.165, 1.54) is 11.4 Å². The van der Waals surface area contributed by atoms with E-state index in [-0.39, 0.29) is 48.1 Å². The molecule has 0 aromatic heterocycles. The van der Waals surface area contributed by atoms with Crippen LogP contribution in [0, 0.1) is 11.8 Å². The third kappa shape index (κ3) is 5.36. The fourth-order valence-corrected chi connectivity index (χ4v) is 3.95. The van der Waals surface area contributed by atoms with E-state index >= 15 is 0 Å². The molecule has 0 bridgehead atoms. The van der Waals surface area contributed by atoms with Gasteiger partial charge in [-0.3, -0.25) is 9.59 Å². The molecule has 1 heterocycles. The summed E-state index contributed by atoms with van der Waals surface area (Å²) < 4.78 is 31.4. The van der Waals surface area contributed by atoms with Crippen LogP contribution in [0.5, 0.6) is 5.75 Å². The lowest BCUT2D eigenvalue weighted by Crippen LogP contribution is -2.50. The number of amides is 2. The number of likely N-dealkylation sites (N-methyl/N-ethyl adjacent to an activating group) is 1. The predicted octanol–water partition coefficient (Wildman–Crippen LogP) is 1.15. The molecule has 2 N–H and O–H groups in total. The highest BCUT2D eigenvalue weighted by molar-refractivity contribution is 7.88. The zero-order valence-corrected chi connectivity index (χ0v) is 19.2. The second-order valence-electron chi connectivity index (χ2n) is 8.61. The van der Waals surface area contributed by atoms with Gasteiger partial charge >= 0.3 is 0 Å². The SMILES string of the molecule is C[C@H]1CN([C@@H](C)CO)C(=O)c2cccc(NC(=O)C3CC3)c2O[C@H]1CN(C)S(C)(=O)=O. The van der Waals surface area contributed by atoms with Crippen molar-refractivity contribution in [3.8, 4) is 5.75 Å². The molecule has 0 radical (unpaired) electrons. The van der Waals surface area contributed by atoms with Crippen LogP contribution in [-0.2, 0) is 14.8 Å². The average molecular weight is 454 g/mol. The van der Waals surface area contributed by atoms with E-state index in [1.807, 2.05) is 6.92 Å². The van der Waals surface area contributed by atoms with Crippen LogP contribution in [-0.4, -0.2) is 79.7 Å². The van der Waals surface area contributed by atoms with Crippen molar-refractivity contribution in [2.75, 3.05) is 38.3 Å². The molecule has 2 aliphatic rings. The number of anilines is 1. The molecule has 31 heavy (non-hydrogen) atoms. The van der Waals surface area contributed by atoms with Gasteiger partial charge in [0.1, 0.15) is 6.10 Å². The Morgan fingerprint density at radius 3 is 2.65 bits per heavy atom. The average Bonchev–Trinajstić information content (AvgIpc) is 3.55. The minimum atomic E-state index is -3.44. The highest BCUT2D eigenvalue weighted by atomic mass is 32.2. The number of aliphatic hydroxyl groups is 1. The zero-order valence-electron chi connectivity index (χ0n) is 18.4. The van der Waals surface area contributed by atoms with E-state index in [2.05, 4.69) is 5.32 Å². The van der Waals surface area contributed by atoms with Crippen molar-refractivity contribution >= 4 is 27.5 Å². The number of fused-ring (bicyclic) bond motifs is 1. The highest BCUT2D eigenvalue weighted by Crippen LogP contribution is 2.37. The molecular formula is C21H31N3O6S. The molecule has 1 aromatic rings. The van der Waals surface area contributed by atoms with Gasteiger partial charge in [0.05, 0.1) is 36.7 Å². The molecule has 3 atom stereocenters. The second-order valence-corrected chi connectivity index (χ2v) is 10.7. The Bertz CT molecular complexity index is 946. The van der Waals surface area contributed by atoms with E-state index < -0.39 is 22.2 Å². The second kappa shape index (κ2) is 9.13. The van der Waals surface area contributed by atoms with E-state index in [1.54, 1.807) is 30.0 Å². The van der Waals surface area contributed by atoms with Gasteiger partial charge in [0.2, 0.25) is 15.9 Å². The summed E-state index contributed by atoms with van der Waals surface area (Å²) in [5.74, 6) is -0.458. The van der Waals surface area contributed by atoms with Crippen LogP contribution >= 0.6 is 0 Å². The molecule has 2 amide bonds. The van der Waals surface area contributed by atoms with Crippen LogP contribution in [0.4, 0.5) is 5.69 Å². The molecule has 1 aliphatic heterocycles. The van der Waals surface area contributed by atoms with Crippen LogP contribution in [0.25, 0.3) is 0 Å². The fourth-order valence-electron chi connectivity index (χ4n) is 3.53. The monoisotopic (exact) mass is 453 g/mol. The molecule has 1 aromatic carbocycles. The number of carbonyl (C=O) groups excluding carboxylic acids is 2. The summed E-state index contributed by atoms with van der Waals surface area (Å²) in [6.07, 6.45) is 2.22. The maximum absolute atomic E-state index is 13.3. The fraction of sp³-hybridized carbons (Fsp3) is 0.619. The molecule has 1 fully saturated rings. The molecule has 0 unspecified atom stereocenters. The van der Waals surface area contributed by atoms with Gasteiger partial charge in [-0.1, -0.05) is 13.0 Å². The van der Waals surface area contributed by atoms with E-state index in [0.29, 0.717) is 12.2 Å². The van der Waals surface area contributed by atoms with Crippen molar-refractivity contribution in [1.82, 2.24) is 9.21 Å². The maximum atomic E-state index is 13.3. The van der Waals surface area contributed by atoms with Crippen LogP contribution in [0.15, 0.2) is 18.2 Å². The lowest BCUT2D eigenvalue weighted by Gasteiger charge is -2.38. The first kappa shape index (κ1) is 23.5. The topological polar surface area (TPSA) is 116 Å². The summed E-state index contributed by atoms with van der Waals surface area (Å²) in [6.45, 7) is 3.80. The molecular weight excluding hydrogens is 422 g/mol. The number of nitrogens with one attached hydrogen (secondary N) is 1. The van der Waals surface area contributed by atoms with Gasteiger partial charge < -0.3 is 20.1 Å². The molecule has 1 saturated carbocycles. The quantitative estimate of drug-likeness (QED) is 0.640. The van der Waals surface area contributed by atoms with Crippen molar-refractivity contribution < 1.29 is 27.9 Å². The van der Waals surface area contributed by atoms with Crippen LogP contribution in [0.2, 0.25) is 0 Å². The molecule has 0 saturated heterocycles. The van der Waals surface area contributed by atoms with Gasteiger partial charge in [0.15, 0.2) is 5.75 Å². The number of benzene rings is 1. The number of aliphatic hydroxyl groups excluding tert-OH is 1. The first-order chi connectivity index (χ1) is 14.5. The van der Waals surface area contributed by atoms with Crippen molar-refractivity contribution in [2.45, 2.75) is 38.8 Å². The van der Waals surface area contributed by atoms with E-state index in [9.17, 15) is 23.1 Å². The molecule has 1 aliphatic carbocycles. The van der Waals surface area contributed by atoms with Crippen LogP contribution in [0.3, 0.4) is 0 Å². The van der Waals surface area contributed by atoms with Crippen LogP contribution < -0.4 is 10.1 Å². The standard InChI is InChI=1S/C21H31N3O6S/c1-13-10-24(14(2)12-25)21(27)16-6-5-7-17(22-20(26)15-8-9-15)19(16)30-18(13)11-23(3)31(4,28)29/h5-7,13-15,18,25H,8-12H2,1-4H3,(H,22,26)/t13-,14-,18-/m0/s1. The van der Waals surface area contributed by atoms with Gasteiger partial charge in [-0.05, 0) is 31.9 Å². The van der Waals surface area contributed by atoms with Gasteiger partial charge in [0, 0.05) is 25.4 Å². The first-order valence-electron chi connectivity index (χ1n) is 10.5.